The molecule has 0 saturated heterocycles. The molecule has 2 rings (SSSR count). The Bertz CT molecular complexity index is 603. The highest BCUT2D eigenvalue weighted by molar-refractivity contribution is 6.31. The van der Waals surface area contributed by atoms with E-state index < -0.39 is 5.82 Å². The van der Waals surface area contributed by atoms with Crippen molar-refractivity contribution in [1.82, 2.24) is 0 Å². The van der Waals surface area contributed by atoms with E-state index in [-0.39, 0.29) is 12.3 Å². The van der Waals surface area contributed by atoms with Crippen LogP contribution in [0.1, 0.15) is 11.1 Å². The molecule has 0 aliphatic heterocycles. The van der Waals surface area contributed by atoms with Crippen LogP contribution in [-0.2, 0) is 11.2 Å². The van der Waals surface area contributed by atoms with Crippen molar-refractivity contribution in [3.63, 3.8) is 0 Å². The molecular weight excluding hydrogens is 300 g/mol. The molecule has 0 unspecified atom stereocenters. The maximum atomic E-state index is 13.6. The summed E-state index contributed by atoms with van der Waals surface area (Å²) < 4.78 is 13.6. The van der Waals surface area contributed by atoms with Crippen molar-refractivity contribution in [2.45, 2.75) is 13.3 Å². The maximum Gasteiger partial charge on any atom is 0.228 e. The number of nitrogens with one attached hydrogen (secondary N) is 1. The minimum Gasteiger partial charge on any atom is -0.326 e. The Morgan fingerprint density at radius 2 is 1.80 bits per heavy atom. The van der Waals surface area contributed by atoms with E-state index in [0.29, 0.717) is 21.3 Å². The predicted molar refractivity (Wildman–Crippen MR) is 79.9 cm³/mol. The van der Waals surface area contributed by atoms with Crippen LogP contribution in [0.25, 0.3) is 0 Å². The summed E-state index contributed by atoms with van der Waals surface area (Å²) in [6.07, 6.45) is -0.0505. The van der Waals surface area contributed by atoms with Crippen LogP contribution in [0.15, 0.2) is 36.4 Å². The second kappa shape index (κ2) is 6.25. The second-order valence-electron chi connectivity index (χ2n) is 4.42. The third-order valence-corrected chi connectivity index (χ3v) is 3.30. The number of amides is 1. The lowest BCUT2D eigenvalue weighted by molar-refractivity contribution is -0.115. The van der Waals surface area contributed by atoms with Crippen molar-refractivity contribution < 1.29 is 9.18 Å². The first-order chi connectivity index (χ1) is 9.45. The Balaban J connectivity index is 2.09. The van der Waals surface area contributed by atoms with Crippen molar-refractivity contribution in [2.75, 3.05) is 5.32 Å². The van der Waals surface area contributed by atoms with Gasteiger partial charge in [-0.1, -0.05) is 29.3 Å². The Labute approximate surface area is 126 Å². The molecule has 0 aliphatic carbocycles. The average Bonchev–Trinajstić information content (AvgIpc) is 2.36. The average molecular weight is 312 g/mol. The largest absolute Gasteiger partial charge is 0.326 e. The quantitative estimate of drug-likeness (QED) is 0.880. The summed E-state index contributed by atoms with van der Waals surface area (Å²) in [5.74, 6) is -0.780. The van der Waals surface area contributed by atoms with Crippen LogP contribution >= 0.6 is 23.2 Å². The highest BCUT2D eigenvalue weighted by Gasteiger charge is 2.10. The van der Waals surface area contributed by atoms with Crippen molar-refractivity contribution in [2.24, 2.45) is 0 Å². The van der Waals surface area contributed by atoms with Crippen LogP contribution in [0.2, 0.25) is 10.0 Å². The van der Waals surface area contributed by atoms with Gasteiger partial charge < -0.3 is 5.32 Å². The lowest BCUT2D eigenvalue weighted by Gasteiger charge is -2.09. The SMILES string of the molecule is Cc1cc(Cl)ccc1NC(=O)Cc1ccc(Cl)cc1F. The van der Waals surface area contributed by atoms with Gasteiger partial charge in [-0.25, -0.2) is 4.39 Å². The summed E-state index contributed by atoms with van der Waals surface area (Å²) >= 11 is 11.5. The van der Waals surface area contributed by atoms with Crippen molar-refractivity contribution >= 4 is 34.8 Å². The van der Waals surface area contributed by atoms with E-state index in [1.807, 2.05) is 6.92 Å². The molecule has 5 heteroatoms. The van der Waals surface area contributed by atoms with Crippen LogP contribution in [-0.4, -0.2) is 5.91 Å². The minimum atomic E-state index is -0.486. The molecule has 2 nitrogen and oxygen atoms in total. The summed E-state index contributed by atoms with van der Waals surface area (Å²) in [5, 5.41) is 3.64. The van der Waals surface area contributed by atoms with Gasteiger partial charge in [-0.15, -0.1) is 0 Å². The van der Waals surface area contributed by atoms with Crippen LogP contribution in [0.5, 0.6) is 0 Å². The van der Waals surface area contributed by atoms with Crippen molar-refractivity contribution in [1.29, 1.82) is 0 Å². The summed E-state index contributed by atoms with van der Waals surface area (Å²) in [5.41, 5.74) is 1.81. The van der Waals surface area contributed by atoms with Gasteiger partial charge in [-0.2, -0.15) is 0 Å². The fourth-order valence-electron chi connectivity index (χ4n) is 1.80. The fraction of sp³-hybridized carbons (Fsp3) is 0.133. The Hall–Kier alpha value is -1.58. The van der Waals surface area contributed by atoms with Crippen LogP contribution < -0.4 is 5.32 Å². The molecule has 20 heavy (non-hydrogen) atoms. The van der Waals surface area contributed by atoms with Crippen LogP contribution in [0, 0.1) is 12.7 Å². The molecule has 0 aromatic heterocycles. The third kappa shape index (κ3) is 3.71. The molecule has 0 saturated carbocycles. The standard InChI is InChI=1S/C15H12Cl2FNO/c1-9-6-11(16)4-5-14(9)19-15(20)7-10-2-3-12(17)8-13(10)18/h2-6,8H,7H2,1H3,(H,19,20). The lowest BCUT2D eigenvalue weighted by atomic mass is 10.1. The number of aryl methyl sites for hydroxylation is 1. The molecule has 0 bridgehead atoms. The van der Waals surface area contributed by atoms with E-state index in [9.17, 15) is 9.18 Å². The number of carbonyl (C=O) groups excluding carboxylic acids is 1. The topological polar surface area (TPSA) is 29.1 Å². The molecular formula is C15H12Cl2FNO. The normalized spacial score (nSPS) is 10.4. The number of anilines is 1. The van der Waals surface area contributed by atoms with E-state index in [1.165, 1.54) is 12.1 Å². The number of carbonyl (C=O) groups is 1. The minimum absolute atomic E-state index is 0.0505. The predicted octanol–water partition coefficient (Wildman–Crippen LogP) is 4.62. The van der Waals surface area contributed by atoms with Crippen LogP contribution in [0.3, 0.4) is 0 Å². The highest BCUT2D eigenvalue weighted by atomic mass is 35.5. The smallest absolute Gasteiger partial charge is 0.228 e. The molecule has 0 atom stereocenters. The van der Waals surface area contributed by atoms with Crippen LogP contribution in [0.4, 0.5) is 10.1 Å². The molecule has 0 fully saturated rings. The number of hydrogen-bond acceptors (Lipinski definition) is 1. The summed E-state index contributed by atoms with van der Waals surface area (Å²) in [6.45, 7) is 1.84. The first-order valence-corrected chi connectivity index (χ1v) is 6.71. The first-order valence-electron chi connectivity index (χ1n) is 5.95. The molecule has 0 aliphatic rings. The van der Waals surface area contributed by atoms with E-state index in [0.717, 1.165) is 5.56 Å². The second-order valence-corrected chi connectivity index (χ2v) is 5.29. The molecule has 104 valence electrons. The fourth-order valence-corrected chi connectivity index (χ4v) is 2.19. The van der Waals surface area contributed by atoms with Gasteiger partial charge in [0.15, 0.2) is 0 Å². The van der Waals surface area contributed by atoms with E-state index in [2.05, 4.69) is 5.32 Å². The van der Waals surface area contributed by atoms with Gasteiger partial charge in [0.05, 0.1) is 6.42 Å². The van der Waals surface area contributed by atoms with E-state index in [4.69, 9.17) is 23.2 Å². The van der Waals surface area contributed by atoms with Gasteiger partial charge in [-0.05, 0) is 48.4 Å². The molecule has 1 amide bonds. The van der Waals surface area contributed by atoms with Gasteiger partial charge in [0.25, 0.3) is 0 Å². The van der Waals surface area contributed by atoms with Crippen molar-refractivity contribution in [3.05, 3.63) is 63.4 Å². The van der Waals surface area contributed by atoms with Gasteiger partial charge in [0.1, 0.15) is 5.82 Å². The summed E-state index contributed by atoms with van der Waals surface area (Å²) in [7, 11) is 0. The van der Waals surface area contributed by atoms with Gasteiger partial charge >= 0.3 is 0 Å². The maximum absolute atomic E-state index is 13.6. The summed E-state index contributed by atoms with van der Waals surface area (Å²) in [4.78, 5) is 11.9. The van der Waals surface area contributed by atoms with Gasteiger partial charge in [-0.3, -0.25) is 4.79 Å². The molecule has 1 N–H and O–H groups in total. The Kier molecular flexibility index (Phi) is 4.63. The lowest BCUT2D eigenvalue weighted by Crippen LogP contribution is -2.15. The number of hydrogen-bond donors (Lipinski definition) is 1. The monoisotopic (exact) mass is 311 g/mol. The molecule has 0 radical (unpaired) electrons. The van der Waals surface area contributed by atoms with Gasteiger partial charge in [0.2, 0.25) is 5.91 Å². The zero-order chi connectivity index (χ0) is 14.7. The Morgan fingerprint density at radius 3 is 2.45 bits per heavy atom. The molecule has 2 aromatic rings. The van der Waals surface area contributed by atoms with E-state index >= 15 is 0 Å². The molecule has 0 spiro atoms. The van der Waals surface area contributed by atoms with Crippen molar-refractivity contribution in [3.8, 4) is 0 Å². The van der Waals surface area contributed by atoms with Gasteiger partial charge in [0, 0.05) is 15.7 Å². The molecule has 0 heterocycles. The number of rotatable bonds is 3. The highest BCUT2D eigenvalue weighted by Crippen LogP contribution is 2.20. The number of benzene rings is 2. The Morgan fingerprint density at radius 1 is 1.15 bits per heavy atom. The molecule has 2 aromatic carbocycles. The number of halogens is 3. The zero-order valence-electron chi connectivity index (χ0n) is 10.7. The third-order valence-electron chi connectivity index (χ3n) is 2.83. The first kappa shape index (κ1) is 14.8. The summed E-state index contributed by atoms with van der Waals surface area (Å²) in [6, 6.07) is 9.41. The zero-order valence-corrected chi connectivity index (χ0v) is 12.2. The van der Waals surface area contributed by atoms with E-state index in [1.54, 1.807) is 24.3 Å².